The van der Waals surface area contributed by atoms with Gasteiger partial charge in [-0.1, -0.05) is 124 Å². The molecule has 279 valence electrons. The largest absolute Gasteiger partial charge is 0.512 e. The fourth-order valence-corrected chi connectivity index (χ4v) is 9.46. The van der Waals surface area contributed by atoms with Crippen molar-refractivity contribution < 1.29 is 30.0 Å². The van der Waals surface area contributed by atoms with Gasteiger partial charge in [0.2, 0.25) is 0 Å². The van der Waals surface area contributed by atoms with Gasteiger partial charge in [-0.25, -0.2) is 0 Å². The maximum absolute atomic E-state index is 11.7. The Kier molecular flexibility index (Phi) is 13.5. The molecule has 3 aromatic carbocycles. The van der Waals surface area contributed by atoms with Crippen LogP contribution in [0.4, 0.5) is 0 Å². The molecule has 5 heteroatoms. The topological polar surface area (TPSA) is 50.2 Å². The molecule has 1 radical (unpaired) electrons. The molecular weight excluding hydrogens is 835 g/mol. The Morgan fingerprint density at radius 2 is 1.58 bits per heavy atom. The van der Waals surface area contributed by atoms with Crippen molar-refractivity contribution in [3.63, 3.8) is 0 Å². The molecule has 0 saturated heterocycles. The second-order valence-corrected chi connectivity index (χ2v) is 17.3. The predicted molar refractivity (Wildman–Crippen MR) is 220 cm³/mol. The van der Waals surface area contributed by atoms with Gasteiger partial charge in [0.25, 0.3) is 0 Å². The van der Waals surface area contributed by atoms with E-state index in [0.717, 1.165) is 48.7 Å². The molecule has 3 nitrogen and oxygen atoms in total. The Bertz CT molecular complexity index is 2050. The number of carbonyl (C=O) groups excluding carboxylic acids is 1. The van der Waals surface area contributed by atoms with Crippen LogP contribution in [0.15, 0.2) is 72.6 Å². The van der Waals surface area contributed by atoms with Crippen molar-refractivity contribution in [2.24, 2.45) is 17.8 Å². The van der Waals surface area contributed by atoms with Crippen molar-refractivity contribution in [3.05, 3.63) is 101 Å². The number of pyridine rings is 1. The number of hydrogen-bond acceptors (Lipinski definition) is 4. The molecule has 0 atom stereocenters. The fraction of sp³-hybridized carbons (Fsp3) is 0.447. The zero-order chi connectivity index (χ0) is 37.2. The zero-order valence-corrected chi connectivity index (χ0v) is 36.4. The van der Waals surface area contributed by atoms with E-state index in [9.17, 15) is 9.90 Å². The average molecular weight is 893 g/mol. The average Bonchev–Trinajstić information content (AvgIpc) is 3.58. The predicted octanol–water partition coefficient (Wildman–Crippen LogP) is 13.6. The van der Waals surface area contributed by atoms with E-state index < -0.39 is 0 Å². The molecule has 0 amide bonds. The van der Waals surface area contributed by atoms with Gasteiger partial charge in [-0.3, -0.25) is 9.78 Å². The first-order valence-corrected chi connectivity index (χ1v) is 19.9. The number of fused-ring (bicyclic) bond motifs is 6. The maximum Gasteiger partial charge on any atom is 0.162 e. The van der Waals surface area contributed by atoms with Gasteiger partial charge in [0, 0.05) is 64.9 Å². The molecular formula is C47H58IrNO2S-. The van der Waals surface area contributed by atoms with Gasteiger partial charge in [-0.2, -0.15) is 0 Å². The summed E-state index contributed by atoms with van der Waals surface area (Å²) in [4.78, 5) is 18.1. The third-order valence-electron chi connectivity index (χ3n) is 10.8. The minimum absolute atomic E-state index is 0. The van der Waals surface area contributed by atoms with Crippen LogP contribution in [-0.2, 0) is 42.2 Å². The molecule has 5 aromatic rings. The maximum atomic E-state index is 11.7. The van der Waals surface area contributed by atoms with E-state index in [1.165, 1.54) is 54.2 Å². The van der Waals surface area contributed by atoms with Gasteiger partial charge < -0.3 is 5.11 Å². The minimum atomic E-state index is -0.0296. The first kappa shape index (κ1) is 41.6. The number of benzene rings is 3. The quantitative estimate of drug-likeness (QED) is 0.0863. The minimum Gasteiger partial charge on any atom is -0.512 e. The normalized spacial score (nSPS) is 13.7. The molecule has 1 aliphatic carbocycles. The van der Waals surface area contributed by atoms with Crippen LogP contribution in [0.25, 0.3) is 42.6 Å². The Balaban J connectivity index is 0.000000323. The second-order valence-electron chi connectivity index (χ2n) is 16.3. The monoisotopic (exact) mass is 893 g/mol. The third-order valence-corrected chi connectivity index (χ3v) is 12.1. The SMILES string of the molecule is CC(C)Cc1cccc2c1-c1sc3c(-c4[c-]c5ccccc5c(C(C)(C)C)c4)nccc3c1C2(C)C.CCC(CC)C(=O)/C=C(\O)C(CC)CC.[Ir]. The molecule has 1 aliphatic rings. The number of aromatic nitrogens is 1. The fourth-order valence-electron chi connectivity index (χ4n) is 7.90. The molecule has 0 saturated carbocycles. The van der Waals surface area contributed by atoms with Crippen LogP contribution in [0.5, 0.6) is 0 Å². The number of nitrogens with zero attached hydrogens (tertiary/aromatic N) is 1. The molecule has 0 spiro atoms. The van der Waals surface area contributed by atoms with Crippen molar-refractivity contribution in [2.75, 3.05) is 0 Å². The molecule has 52 heavy (non-hydrogen) atoms. The Morgan fingerprint density at radius 3 is 2.19 bits per heavy atom. The smallest absolute Gasteiger partial charge is 0.162 e. The summed E-state index contributed by atoms with van der Waals surface area (Å²) in [5.41, 5.74) is 9.38. The van der Waals surface area contributed by atoms with Crippen LogP contribution >= 0.6 is 11.3 Å². The van der Waals surface area contributed by atoms with Gasteiger partial charge in [0.15, 0.2) is 5.78 Å². The summed E-state index contributed by atoms with van der Waals surface area (Å²) in [5.74, 6) is 1.17. The van der Waals surface area contributed by atoms with Crippen LogP contribution in [0.1, 0.15) is 124 Å². The molecule has 0 fully saturated rings. The van der Waals surface area contributed by atoms with Gasteiger partial charge in [-0.05, 0) is 77.1 Å². The van der Waals surface area contributed by atoms with Crippen molar-refractivity contribution >= 4 is 38.0 Å². The van der Waals surface area contributed by atoms with Gasteiger partial charge >= 0.3 is 0 Å². The summed E-state index contributed by atoms with van der Waals surface area (Å²) in [6.07, 6.45) is 8.01. The van der Waals surface area contributed by atoms with Gasteiger partial charge in [0.05, 0.1) is 5.76 Å². The van der Waals surface area contributed by atoms with Crippen LogP contribution in [0.3, 0.4) is 0 Å². The van der Waals surface area contributed by atoms with Crippen molar-refractivity contribution in [1.29, 1.82) is 0 Å². The number of ketones is 1. The Morgan fingerprint density at radius 1 is 0.923 bits per heavy atom. The van der Waals surface area contributed by atoms with E-state index in [0.29, 0.717) is 5.92 Å². The number of thiophene rings is 1. The molecule has 0 unspecified atom stereocenters. The summed E-state index contributed by atoms with van der Waals surface area (Å²) in [6.45, 7) is 24.4. The number of hydrogen-bond donors (Lipinski definition) is 1. The van der Waals surface area contributed by atoms with Crippen LogP contribution in [-0.4, -0.2) is 15.9 Å². The van der Waals surface area contributed by atoms with E-state index in [2.05, 4.69) is 109 Å². The molecule has 6 rings (SSSR count). The molecule has 0 bridgehead atoms. The number of allylic oxidation sites excluding steroid dienone is 2. The second kappa shape index (κ2) is 16.9. The molecule has 0 aliphatic heterocycles. The zero-order valence-electron chi connectivity index (χ0n) is 33.2. The first-order chi connectivity index (χ1) is 24.2. The van der Waals surface area contributed by atoms with Crippen LogP contribution in [0.2, 0.25) is 0 Å². The summed E-state index contributed by atoms with van der Waals surface area (Å²) in [6, 6.07) is 23.9. The van der Waals surface area contributed by atoms with Gasteiger partial charge in [0.1, 0.15) is 0 Å². The van der Waals surface area contributed by atoms with Crippen LogP contribution in [0, 0.1) is 23.8 Å². The van der Waals surface area contributed by atoms with Crippen molar-refractivity contribution in [3.8, 4) is 21.7 Å². The van der Waals surface area contributed by atoms with E-state index >= 15 is 0 Å². The standard InChI is InChI=1S/C34H34NS.C13H24O2.Ir/c1-20(2)17-22-12-10-14-26-28(22)32-29(34(26,6)7)25-15-16-35-30(31(25)36-32)23-18-21-11-8-9-13-24(21)27(19-23)33(3,4)5;1-5-10(6-2)12(14)9-13(15)11(7-3)8-4;/h8-16,19-20H,17H2,1-7H3;9-11,14H,5-8H2,1-4H3;/q-1;;/b;12-9-;. The Hall–Kier alpha value is -3.11. The number of rotatable bonds is 10. The third kappa shape index (κ3) is 8.18. The molecule has 1 N–H and O–H groups in total. The van der Waals surface area contributed by atoms with E-state index in [4.69, 9.17) is 4.98 Å². The molecule has 2 aromatic heterocycles. The number of carbonyl (C=O) groups is 1. The summed E-state index contributed by atoms with van der Waals surface area (Å²) in [5, 5.41) is 13.5. The summed E-state index contributed by atoms with van der Waals surface area (Å²) < 4.78 is 1.28. The first-order valence-electron chi connectivity index (χ1n) is 19.1. The molecule has 2 heterocycles. The summed E-state index contributed by atoms with van der Waals surface area (Å²) >= 11 is 1.93. The Labute approximate surface area is 330 Å². The summed E-state index contributed by atoms with van der Waals surface area (Å²) in [7, 11) is 0. The van der Waals surface area contributed by atoms with E-state index in [-0.39, 0.29) is 54.3 Å². The number of aliphatic hydroxyl groups is 1. The van der Waals surface area contributed by atoms with Gasteiger partial charge in [-0.15, -0.1) is 40.5 Å². The van der Waals surface area contributed by atoms with E-state index in [1.807, 2.05) is 45.2 Å². The number of aliphatic hydroxyl groups excluding tert-OH is 1. The van der Waals surface area contributed by atoms with E-state index in [1.54, 1.807) is 0 Å². The van der Waals surface area contributed by atoms with Crippen LogP contribution < -0.4 is 0 Å². The van der Waals surface area contributed by atoms with Crippen molar-refractivity contribution in [1.82, 2.24) is 4.98 Å². The van der Waals surface area contributed by atoms with Crippen molar-refractivity contribution in [2.45, 2.75) is 119 Å².